The molecule has 0 N–H and O–H groups in total. The first-order chi connectivity index (χ1) is 14.2. The van der Waals surface area contributed by atoms with Gasteiger partial charge in [0.05, 0.1) is 6.54 Å². The highest BCUT2D eigenvalue weighted by Crippen LogP contribution is 2.61. The van der Waals surface area contributed by atoms with Crippen molar-refractivity contribution in [1.29, 1.82) is 0 Å². The summed E-state index contributed by atoms with van der Waals surface area (Å²) in [4.78, 5) is 0. The summed E-state index contributed by atoms with van der Waals surface area (Å²) in [7, 11) is 0. The molecule has 5 atom stereocenters. The van der Waals surface area contributed by atoms with E-state index in [0.717, 1.165) is 18.4 Å². The third kappa shape index (κ3) is 3.45. The maximum atomic E-state index is 6.62. The Morgan fingerprint density at radius 2 is 1.83 bits per heavy atom. The van der Waals surface area contributed by atoms with Gasteiger partial charge in [0.1, 0.15) is 24.7 Å². The summed E-state index contributed by atoms with van der Waals surface area (Å²) in [5.41, 5.74) is 1.96. The molecule has 0 bridgehead atoms. The van der Waals surface area contributed by atoms with E-state index in [9.17, 15) is 0 Å². The summed E-state index contributed by atoms with van der Waals surface area (Å²) in [5.74, 6) is 1.66. The lowest BCUT2D eigenvalue weighted by atomic mass is 9.83. The Morgan fingerprint density at radius 1 is 1.00 bits per heavy atom. The zero-order chi connectivity index (χ0) is 19.9. The van der Waals surface area contributed by atoms with E-state index >= 15 is 0 Å². The second kappa shape index (κ2) is 8.92. The molecular weight excluding hydrogens is 434 g/mol. The van der Waals surface area contributed by atoms with Gasteiger partial charge >= 0.3 is 0 Å². The van der Waals surface area contributed by atoms with Crippen LogP contribution in [0.1, 0.15) is 64.4 Å². The van der Waals surface area contributed by atoms with Crippen LogP contribution in [-0.2, 0) is 11.3 Å². The summed E-state index contributed by atoms with van der Waals surface area (Å²) in [6.07, 6.45) is 9.91. The molecule has 2 saturated heterocycles. The Bertz CT molecular complexity index is 864. The highest BCUT2D eigenvalue weighted by Gasteiger charge is 2.71. The lowest BCUT2D eigenvalue weighted by molar-refractivity contribution is -0.966. The maximum Gasteiger partial charge on any atom is 0.115 e. The molecule has 2 heterocycles. The highest BCUT2D eigenvalue weighted by molar-refractivity contribution is 5.85. The molecule has 30 heavy (non-hydrogen) atoms. The predicted molar refractivity (Wildman–Crippen MR) is 121 cm³/mol. The van der Waals surface area contributed by atoms with Gasteiger partial charge in [-0.3, -0.25) is 0 Å². The van der Waals surface area contributed by atoms with Crippen LogP contribution in [0.25, 0.3) is 10.8 Å². The Kier molecular flexibility index (Phi) is 6.63. The van der Waals surface area contributed by atoms with Crippen LogP contribution >= 0.6 is 0 Å². The Morgan fingerprint density at radius 3 is 2.70 bits per heavy atom. The van der Waals surface area contributed by atoms with Crippen LogP contribution in [0.3, 0.4) is 0 Å². The van der Waals surface area contributed by atoms with Crippen LogP contribution in [0.2, 0.25) is 0 Å². The van der Waals surface area contributed by atoms with E-state index in [1.54, 1.807) is 5.56 Å². The number of hydrogen-bond donors (Lipinski definition) is 0. The molecule has 0 unspecified atom stereocenters. The Hall–Kier alpha value is -0.900. The van der Waals surface area contributed by atoms with Gasteiger partial charge in [0.25, 0.3) is 0 Å². The second-order valence-electron chi connectivity index (χ2n) is 10.2. The molecular formula is C27H38BrNO. The van der Waals surface area contributed by atoms with E-state index < -0.39 is 0 Å². The van der Waals surface area contributed by atoms with E-state index in [-0.39, 0.29) is 17.0 Å². The van der Waals surface area contributed by atoms with Crippen molar-refractivity contribution < 1.29 is 26.2 Å². The Balaban J connectivity index is 0.00000218. The van der Waals surface area contributed by atoms with Gasteiger partial charge in [0.15, 0.2) is 0 Å². The molecule has 2 nitrogen and oxygen atoms in total. The summed E-state index contributed by atoms with van der Waals surface area (Å²) >= 11 is 0. The summed E-state index contributed by atoms with van der Waals surface area (Å²) in [6.45, 7) is 9.64. The fourth-order valence-electron chi connectivity index (χ4n) is 7.41. The molecule has 3 aliphatic rings. The number of quaternary nitrogens is 1. The van der Waals surface area contributed by atoms with Crippen molar-refractivity contribution in [1.82, 2.24) is 0 Å². The van der Waals surface area contributed by atoms with Crippen LogP contribution in [-0.4, -0.2) is 35.8 Å². The minimum absolute atomic E-state index is 0. The molecule has 2 aliphatic heterocycles. The predicted octanol–water partition coefficient (Wildman–Crippen LogP) is 3.33. The molecule has 2 aromatic carbocycles. The van der Waals surface area contributed by atoms with Gasteiger partial charge in [0.2, 0.25) is 0 Å². The van der Waals surface area contributed by atoms with Crippen LogP contribution in [0.4, 0.5) is 0 Å². The standard InChI is InChI=1S/C27H38NO.BrH/c1-3-4-5-8-18-29-26-20-28(17-16-23-14-15-25(26)27(23,28)2)19-22-12-9-11-21-10-6-7-13-24(21)22;/h6-7,9-13,23,25-26H,3-5,8,14-20H2,1-2H3;1H/q+1;/p-1/t23-,25+,26+,27+,28+;/m0./s1. The molecule has 3 heteroatoms. The molecule has 0 spiro atoms. The molecule has 2 aromatic rings. The minimum atomic E-state index is 0. The molecule has 0 amide bonds. The maximum absolute atomic E-state index is 6.62. The van der Waals surface area contributed by atoms with Gasteiger partial charge in [-0.25, -0.2) is 0 Å². The van der Waals surface area contributed by atoms with Gasteiger partial charge in [-0.15, -0.1) is 0 Å². The van der Waals surface area contributed by atoms with Gasteiger partial charge in [-0.2, -0.15) is 0 Å². The average Bonchev–Trinajstić information content (AvgIpc) is 3.31. The number of rotatable bonds is 8. The third-order valence-electron chi connectivity index (χ3n) is 8.99. The van der Waals surface area contributed by atoms with Gasteiger partial charge in [-0.1, -0.05) is 68.7 Å². The van der Waals surface area contributed by atoms with Crippen LogP contribution in [0.15, 0.2) is 42.5 Å². The number of halogens is 1. The van der Waals surface area contributed by atoms with Gasteiger partial charge in [-0.05, 0) is 37.0 Å². The number of nitrogens with zero attached hydrogens (tertiary/aromatic N) is 1. The SMILES string of the molecule is CCCCCCO[C@@H]1C[N@+]2(Cc3cccc4ccccc34)CC[C@@H]3CC[C@H]1[C@@]32C.[Br-]. The Labute approximate surface area is 193 Å². The lowest BCUT2D eigenvalue weighted by Gasteiger charge is -2.44. The monoisotopic (exact) mass is 471 g/mol. The lowest BCUT2D eigenvalue weighted by Crippen LogP contribution is -3.00. The fourth-order valence-corrected chi connectivity index (χ4v) is 7.41. The zero-order valence-corrected chi connectivity index (χ0v) is 20.4. The van der Waals surface area contributed by atoms with E-state index in [0.29, 0.717) is 11.6 Å². The second-order valence-corrected chi connectivity index (χ2v) is 10.2. The van der Waals surface area contributed by atoms with Crippen molar-refractivity contribution in [2.45, 2.75) is 77.0 Å². The van der Waals surface area contributed by atoms with Gasteiger partial charge in [0, 0.05) is 30.4 Å². The summed E-state index contributed by atoms with van der Waals surface area (Å²) in [6, 6.07) is 15.9. The van der Waals surface area contributed by atoms with Crippen LogP contribution in [0, 0.1) is 11.8 Å². The van der Waals surface area contributed by atoms with E-state index in [4.69, 9.17) is 4.74 Å². The zero-order valence-electron chi connectivity index (χ0n) is 18.8. The van der Waals surface area contributed by atoms with Crippen molar-refractivity contribution in [2.75, 3.05) is 19.7 Å². The molecule has 1 aliphatic carbocycles. The largest absolute Gasteiger partial charge is 1.00 e. The number of benzene rings is 2. The quantitative estimate of drug-likeness (QED) is 0.423. The van der Waals surface area contributed by atoms with Crippen molar-refractivity contribution in [3.63, 3.8) is 0 Å². The molecule has 0 radical (unpaired) electrons. The topological polar surface area (TPSA) is 9.23 Å². The highest BCUT2D eigenvalue weighted by atomic mass is 79.9. The van der Waals surface area contributed by atoms with Crippen LogP contribution < -0.4 is 17.0 Å². The minimum Gasteiger partial charge on any atom is -1.00 e. The van der Waals surface area contributed by atoms with E-state index in [2.05, 4.69) is 56.3 Å². The van der Waals surface area contributed by atoms with E-state index in [1.807, 2.05) is 0 Å². The van der Waals surface area contributed by atoms with Crippen LogP contribution in [0.5, 0.6) is 0 Å². The molecule has 0 aromatic heterocycles. The first-order valence-electron chi connectivity index (χ1n) is 12.1. The number of unbranched alkanes of at least 4 members (excludes halogenated alkanes) is 3. The van der Waals surface area contributed by atoms with Crippen molar-refractivity contribution in [3.8, 4) is 0 Å². The fraction of sp³-hybridized carbons (Fsp3) is 0.630. The molecule has 164 valence electrons. The van der Waals surface area contributed by atoms with Crippen molar-refractivity contribution in [2.24, 2.45) is 11.8 Å². The molecule has 3 fully saturated rings. The first-order valence-corrected chi connectivity index (χ1v) is 12.1. The molecule has 1 saturated carbocycles. The first kappa shape index (κ1) is 22.3. The van der Waals surface area contributed by atoms with E-state index in [1.165, 1.54) is 79.8 Å². The normalized spacial score (nSPS) is 34.3. The smallest absolute Gasteiger partial charge is 0.115 e. The third-order valence-corrected chi connectivity index (χ3v) is 8.99. The molecule has 5 rings (SSSR count). The van der Waals surface area contributed by atoms with Crippen molar-refractivity contribution >= 4 is 10.8 Å². The number of hydrogen-bond acceptors (Lipinski definition) is 1. The van der Waals surface area contributed by atoms with Crippen molar-refractivity contribution in [3.05, 3.63) is 48.0 Å². The number of ether oxygens (including phenoxy) is 1. The summed E-state index contributed by atoms with van der Waals surface area (Å²) in [5, 5.41) is 2.84. The summed E-state index contributed by atoms with van der Waals surface area (Å²) < 4.78 is 7.89. The number of fused-ring (bicyclic) bond motifs is 1. The average molecular weight is 473 g/mol. The van der Waals surface area contributed by atoms with Gasteiger partial charge < -0.3 is 26.2 Å².